The quantitative estimate of drug-likeness (QED) is 0.769. The smallest absolute Gasteiger partial charge is 0.234 e. The third-order valence-corrected chi connectivity index (χ3v) is 4.21. The normalized spacial score (nSPS) is 15.7. The molecule has 0 saturated carbocycles. The van der Waals surface area contributed by atoms with Crippen LogP contribution in [0.25, 0.3) is 6.08 Å². The molecule has 2 nitrogen and oxygen atoms in total. The summed E-state index contributed by atoms with van der Waals surface area (Å²) in [6.07, 6.45) is 4.45. The van der Waals surface area contributed by atoms with Crippen molar-refractivity contribution in [2.45, 2.75) is 6.92 Å². The van der Waals surface area contributed by atoms with E-state index < -0.39 is 0 Å². The van der Waals surface area contributed by atoms with E-state index in [1.165, 1.54) is 28.6 Å². The minimum absolute atomic E-state index is 1.10. The Kier molecular flexibility index (Phi) is 4.48. The fraction of sp³-hybridized carbons (Fsp3) is 0.400. The third kappa shape index (κ3) is 3.16. The first kappa shape index (κ1) is 13.2. The number of nitrogens with zero attached hydrogens (tertiary/aromatic N) is 2. The van der Waals surface area contributed by atoms with Crippen LogP contribution in [0.15, 0.2) is 30.3 Å². The number of anilines is 1. The molecule has 0 saturated heterocycles. The predicted octanol–water partition coefficient (Wildman–Crippen LogP) is 2.94. The highest BCUT2D eigenvalue weighted by molar-refractivity contribution is 8.14. The fourth-order valence-electron chi connectivity index (χ4n) is 1.98. The van der Waals surface area contributed by atoms with Gasteiger partial charge in [-0.1, -0.05) is 23.9 Å². The summed E-state index contributed by atoms with van der Waals surface area (Å²) in [6, 6.07) is 8.65. The molecular weight excluding hydrogens is 240 g/mol. The van der Waals surface area contributed by atoms with Gasteiger partial charge in [0, 0.05) is 25.9 Å². The van der Waals surface area contributed by atoms with Crippen molar-refractivity contribution in [3.05, 3.63) is 35.9 Å². The molecule has 0 amide bonds. The zero-order valence-corrected chi connectivity index (χ0v) is 12.2. The summed E-state index contributed by atoms with van der Waals surface area (Å²) in [4.78, 5) is 2.12. The molecule has 0 radical (unpaired) electrons. The first-order valence-corrected chi connectivity index (χ1v) is 7.39. The van der Waals surface area contributed by atoms with Crippen molar-refractivity contribution < 1.29 is 4.58 Å². The highest BCUT2D eigenvalue weighted by Crippen LogP contribution is 2.16. The van der Waals surface area contributed by atoms with E-state index in [-0.39, 0.29) is 0 Å². The standard InChI is InChI=1S/C15H21N2S/c1-4-17-11-12-18-15(17)10-7-13-5-8-14(9-6-13)16(2)3/h5-10H,4,11-12H2,1-3H3/q+1. The molecule has 18 heavy (non-hydrogen) atoms. The second-order valence-electron chi connectivity index (χ2n) is 4.59. The summed E-state index contributed by atoms with van der Waals surface area (Å²) in [5, 5.41) is 1.40. The van der Waals surface area contributed by atoms with Gasteiger partial charge in [0.15, 0.2) is 6.54 Å². The van der Waals surface area contributed by atoms with Gasteiger partial charge in [0.05, 0.1) is 5.75 Å². The van der Waals surface area contributed by atoms with Gasteiger partial charge in [0.1, 0.15) is 6.54 Å². The summed E-state index contributed by atoms with van der Waals surface area (Å²) >= 11 is 1.95. The largest absolute Gasteiger partial charge is 0.378 e. The molecule has 1 aliphatic heterocycles. The van der Waals surface area contributed by atoms with Crippen molar-refractivity contribution in [1.29, 1.82) is 0 Å². The molecule has 0 aromatic heterocycles. The molecular formula is C15H21N2S+. The highest BCUT2D eigenvalue weighted by atomic mass is 32.2. The lowest BCUT2D eigenvalue weighted by molar-refractivity contribution is -0.513. The van der Waals surface area contributed by atoms with Gasteiger partial charge in [0.25, 0.3) is 0 Å². The second kappa shape index (κ2) is 6.10. The van der Waals surface area contributed by atoms with Crippen molar-refractivity contribution >= 4 is 28.6 Å². The molecule has 1 aliphatic rings. The van der Waals surface area contributed by atoms with Crippen molar-refractivity contribution in [3.8, 4) is 0 Å². The molecule has 0 N–H and O–H groups in total. The van der Waals surface area contributed by atoms with E-state index in [0.717, 1.165) is 6.54 Å². The Bertz CT molecular complexity index is 458. The third-order valence-electron chi connectivity index (χ3n) is 3.13. The van der Waals surface area contributed by atoms with Crippen LogP contribution in [-0.4, -0.2) is 42.6 Å². The Morgan fingerprint density at radius 3 is 2.56 bits per heavy atom. The molecule has 1 aromatic rings. The van der Waals surface area contributed by atoms with E-state index in [2.05, 4.69) is 66.9 Å². The summed E-state index contributed by atoms with van der Waals surface area (Å²) < 4.78 is 2.43. The van der Waals surface area contributed by atoms with Crippen LogP contribution in [0.3, 0.4) is 0 Å². The van der Waals surface area contributed by atoms with Crippen LogP contribution >= 0.6 is 11.8 Å². The molecule has 0 unspecified atom stereocenters. The second-order valence-corrected chi connectivity index (χ2v) is 5.70. The Hall–Kier alpha value is -1.22. The molecule has 0 spiro atoms. The molecule has 3 heteroatoms. The Morgan fingerprint density at radius 1 is 1.22 bits per heavy atom. The van der Waals surface area contributed by atoms with E-state index in [1.54, 1.807) is 0 Å². The van der Waals surface area contributed by atoms with Crippen LogP contribution in [0, 0.1) is 0 Å². The monoisotopic (exact) mass is 261 g/mol. The minimum atomic E-state index is 1.10. The average molecular weight is 261 g/mol. The van der Waals surface area contributed by atoms with Gasteiger partial charge in [-0.25, -0.2) is 4.58 Å². The van der Waals surface area contributed by atoms with E-state index in [9.17, 15) is 0 Å². The minimum Gasteiger partial charge on any atom is -0.378 e. The van der Waals surface area contributed by atoms with Crippen molar-refractivity contribution in [2.75, 3.05) is 37.8 Å². The zero-order valence-electron chi connectivity index (χ0n) is 11.4. The van der Waals surface area contributed by atoms with Crippen molar-refractivity contribution in [1.82, 2.24) is 0 Å². The van der Waals surface area contributed by atoms with Crippen molar-refractivity contribution in [3.63, 3.8) is 0 Å². The molecule has 1 heterocycles. The number of rotatable bonds is 4. The van der Waals surface area contributed by atoms with Crippen LogP contribution in [0.4, 0.5) is 5.69 Å². The van der Waals surface area contributed by atoms with Crippen LogP contribution in [0.2, 0.25) is 0 Å². The molecule has 0 fully saturated rings. The van der Waals surface area contributed by atoms with E-state index in [1.807, 2.05) is 11.8 Å². The van der Waals surface area contributed by atoms with Gasteiger partial charge in [-0.05, 0) is 30.7 Å². The summed E-state index contributed by atoms with van der Waals surface area (Å²) in [6.45, 7) is 4.50. The number of benzene rings is 1. The average Bonchev–Trinajstić information content (AvgIpc) is 2.84. The molecule has 0 bridgehead atoms. The first-order chi connectivity index (χ1) is 8.70. The Balaban J connectivity index is 2.09. The van der Waals surface area contributed by atoms with Crippen LogP contribution < -0.4 is 4.90 Å². The lowest BCUT2D eigenvalue weighted by Crippen LogP contribution is -2.12. The maximum atomic E-state index is 2.43. The van der Waals surface area contributed by atoms with Gasteiger partial charge in [-0.2, -0.15) is 0 Å². The number of hydrogen-bond donors (Lipinski definition) is 0. The SMILES string of the molecule is CC[N+]1=C(C=Cc2ccc(N(C)C)cc2)SCC1. The summed E-state index contributed by atoms with van der Waals surface area (Å²) in [5.74, 6) is 1.22. The van der Waals surface area contributed by atoms with Gasteiger partial charge < -0.3 is 4.90 Å². The van der Waals surface area contributed by atoms with Crippen LogP contribution in [0.5, 0.6) is 0 Å². The summed E-state index contributed by atoms with van der Waals surface area (Å²) in [5.41, 5.74) is 2.50. The molecule has 96 valence electrons. The highest BCUT2D eigenvalue weighted by Gasteiger charge is 2.18. The fourth-order valence-corrected chi connectivity index (χ4v) is 3.07. The molecule has 1 aromatic carbocycles. The maximum Gasteiger partial charge on any atom is 0.234 e. The number of thioether (sulfide) groups is 1. The van der Waals surface area contributed by atoms with E-state index >= 15 is 0 Å². The van der Waals surface area contributed by atoms with Crippen LogP contribution in [-0.2, 0) is 0 Å². The van der Waals surface area contributed by atoms with Gasteiger partial charge >= 0.3 is 0 Å². The van der Waals surface area contributed by atoms with Gasteiger partial charge in [-0.3, -0.25) is 0 Å². The molecule has 0 aliphatic carbocycles. The first-order valence-electron chi connectivity index (χ1n) is 6.41. The molecule has 0 atom stereocenters. The topological polar surface area (TPSA) is 6.25 Å². The lowest BCUT2D eigenvalue weighted by Gasteiger charge is -2.11. The molecule has 2 rings (SSSR count). The van der Waals surface area contributed by atoms with E-state index in [0.29, 0.717) is 0 Å². The zero-order chi connectivity index (χ0) is 13.0. The Labute approximate surface area is 114 Å². The van der Waals surface area contributed by atoms with E-state index in [4.69, 9.17) is 0 Å². The number of hydrogen-bond acceptors (Lipinski definition) is 2. The van der Waals surface area contributed by atoms with Crippen LogP contribution in [0.1, 0.15) is 12.5 Å². The predicted molar refractivity (Wildman–Crippen MR) is 82.9 cm³/mol. The summed E-state index contributed by atoms with van der Waals surface area (Å²) in [7, 11) is 4.13. The van der Waals surface area contributed by atoms with Gasteiger partial charge in [0.2, 0.25) is 5.04 Å². The maximum absolute atomic E-state index is 2.43. The van der Waals surface area contributed by atoms with Crippen molar-refractivity contribution in [2.24, 2.45) is 0 Å². The lowest BCUT2D eigenvalue weighted by atomic mass is 10.2. The Morgan fingerprint density at radius 2 is 1.94 bits per heavy atom. The van der Waals surface area contributed by atoms with Gasteiger partial charge in [-0.15, -0.1) is 0 Å².